The van der Waals surface area contributed by atoms with Gasteiger partial charge in [0, 0.05) is 18.1 Å². The van der Waals surface area contributed by atoms with Gasteiger partial charge in [0.05, 0.1) is 12.0 Å². The minimum absolute atomic E-state index is 0. The van der Waals surface area contributed by atoms with Crippen molar-refractivity contribution in [2.24, 2.45) is 0 Å². The molecule has 2 aromatic rings. The average molecular weight is 388 g/mol. The smallest absolute Gasteiger partial charge is 0.478 e. The van der Waals surface area contributed by atoms with E-state index in [1.807, 2.05) is 0 Å². The number of hydrogen-bond donors (Lipinski definition) is 2. The third-order valence-corrected chi connectivity index (χ3v) is 3.63. The molecule has 0 radical (unpaired) electrons. The number of aromatic nitrogens is 2. The molecule has 0 saturated carbocycles. The Morgan fingerprint density at radius 3 is 2.35 bits per heavy atom. The molecule has 0 atom stereocenters. The van der Waals surface area contributed by atoms with Crippen molar-refractivity contribution in [1.29, 1.82) is 0 Å². The van der Waals surface area contributed by atoms with Gasteiger partial charge in [-0.3, -0.25) is 4.72 Å². The van der Waals surface area contributed by atoms with Crippen LogP contribution in [0.2, 0.25) is 0 Å². The molecule has 110 valence electrons. The summed E-state index contributed by atoms with van der Waals surface area (Å²) in [5.74, 6) is 0.128. The van der Waals surface area contributed by atoms with Gasteiger partial charge in [-0.05, 0) is 24.3 Å². The summed E-state index contributed by atoms with van der Waals surface area (Å²) in [7, 11) is -2.37. The van der Waals surface area contributed by atoms with Crippen LogP contribution < -0.4 is 15.2 Å². The molecule has 9 heteroatoms. The number of ether oxygens (including phenoxy) is 1. The van der Waals surface area contributed by atoms with Crippen LogP contribution in [0.1, 0.15) is 0 Å². The van der Waals surface area contributed by atoms with E-state index in [-0.39, 0.29) is 39.0 Å². The van der Waals surface area contributed by atoms with Crippen molar-refractivity contribution in [2.75, 3.05) is 17.6 Å². The Morgan fingerprint density at radius 1 is 1.15 bits per heavy atom. The van der Waals surface area contributed by atoms with Crippen LogP contribution in [0, 0.1) is 0 Å². The number of hydrogen-bond acceptors (Lipinski definition) is 6. The average Bonchev–Trinajstić information content (AvgIpc) is 2.39. The van der Waals surface area contributed by atoms with E-state index in [9.17, 15) is 8.42 Å². The van der Waals surface area contributed by atoms with Crippen molar-refractivity contribution in [3.05, 3.63) is 36.7 Å². The molecule has 0 aliphatic carbocycles. The molecule has 1 aromatic heterocycles. The summed E-state index contributed by atoms with van der Waals surface area (Å²) in [4.78, 5) is 7.81. The number of anilines is 2. The number of nitrogens with one attached hydrogen (secondary N) is 1. The zero-order valence-electron chi connectivity index (χ0n) is 10.4. The van der Waals surface area contributed by atoms with Crippen LogP contribution in [0.25, 0.3) is 0 Å². The molecule has 20 heavy (non-hydrogen) atoms. The van der Waals surface area contributed by atoms with E-state index in [0.29, 0.717) is 5.69 Å². The Bertz CT molecular complexity index is 676. The topological polar surface area (TPSA) is 107 Å². The number of nitrogens with zero attached hydrogens (tertiary/aromatic N) is 2. The second-order valence-electron chi connectivity index (χ2n) is 3.59. The van der Waals surface area contributed by atoms with Crippen LogP contribution in [0.15, 0.2) is 41.6 Å². The number of rotatable bonds is 4. The number of methoxy groups -OCH3 is 1. The fraction of sp³-hybridized carbons (Fsp3) is 0.0909. The Labute approximate surface area is 132 Å². The number of benzene rings is 1. The van der Waals surface area contributed by atoms with Crippen molar-refractivity contribution in [1.82, 2.24) is 9.97 Å². The van der Waals surface area contributed by atoms with E-state index >= 15 is 0 Å². The molecule has 0 amide bonds. The quantitative estimate of drug-likeness (QED) is 0.595. The number of sulfonamides is 1. The Morgan fingerprint density at radius 2 is 1.75 bits per heavy atom. The van der Waals surface area contributed by atoms with E-state index in [0.717, 1.165) is 0 Å². The van der Waals surface area contributed by atoms with Crippen molar-refractivity contribution in [3.8, 4) is 5.88 Å². The summed E-state index contributed by atoms with van der Waals surface area (Å²) in [5, 5.41) is 0. The van der Waals surface area contributed by atoms with Gasteiger partial charge >= 0.3 is 22.4 Å². The molecule has 1 heterocycles. The molecule has 0 aliphatic heterocycles. The summed E-state index contributed by atoms with van der Waals surface area (Å²) in [6.07, 6.45) is 2.77. The molecule has 3 N–H and O–H groups in total. The number of nitrogen functional groups attached to an aromatic ring is 1. The first kappa shape index (κ1) is 16.4. The van der Waals surface area contributed by atoms with Crippen LogP contribution in [-0.2, 0) is 32.4 Å². The van der Waals surface area contributed by atoms with Gasteiger partial charge in [0.1, 0.15) is 0 Å². The predicted molar refractivity (Wildman–Crippen MR) is 70.2 cm³/mol. The second-order valence-corrected chi connectivity index (χ2v) is 5.27. The third-order valence-electron chi connectivity index (χ3n) is 2.28. The van der Waals surface area contributed by atoms with Crippen LogP contribution in [0.4, 0.5) is 11.5 Å². The van der Waals surface area contributed by atoms with Gasteiger partial charge in [-0.15, -0.1) is 0 Å². The van der Waals surface area contributed by atoms with Gasteiger partial charge in [-0.2, -0.15) is 0 Å². The van der Waals surface area contributed by atoms with Crippen molar-refractivity contribution in [2.45, 2.75) is 4.90 Å². The van der Waals surface area contributed by atoms with Gasteiger partial charge in [-0.25, -0.2) is 18.4 Å². The molecule has 0 fully saturated rings. The van der Waals surface area contributed by atoms with E-state index in [4.69, 9.17) is 10.5 Å². The monoisotopic (exact) mass is 387 g/mol. The SMILES string of the molecule is COc1nccnc1NS(=O)(=O)c1ccc(N)cc1.[Ag+]. The van der Waals surface area contributed by atoms with Gasteiger partial charge in [0.25, 0.3) is 15.9 Å². The van der Waals surface area contributed by atoms with Crippen molar-refractivity contribution < 1.29 is 35.5 Å². The largest absolute Gasteiger partial charge is 1.00 e. The molecule has 0 spiro atoms. The summed E-state index contributed by atoms with van der Waals surface area (Å²) >= 11 is 0. The first-order valence-corrected chi connectivity index (χ1v) is 6.74. The fourth-order valence-electron chi connectivity index (χ4n) is 1.38. The first-order chi connectivity index (χ1) is 9.03. The van der Waals surface area contributed by atoms with Gasteiger partial charge in [0.2, 0.25) is 5.82 Å². The normalized spacial score (nSPS) is 10.4. The second kappa shape index (κ2) is 6.71. The molecule has 1 aromatic carbocycles. The van der Waals surface area contributed by atoms with E-state index < -0.39 is 10.0 Å². The van der Waals surface area contributed by atoms with E-state index in [1.165, 1.54) is 43.8 Å². The maximum Gasteiger partial charge on any atom is 1.00 e. The molecular formula is C11H12AgN4O3S+. The number of nitrogens with two attached hydrogens (primary N) is 1. The van der Waals surface area contributed by atoms with E-state index in [2.05, 4.69) is 14.7 Å². The predicted octanol–water partition coefficient (Wildman–Crippen LogP) is 0.866. The van der Waals surface area contributed by atoms with Gasteiger partial charge in [-0.1, -0.05) is 0 Å². The maximum absolute atomic E-state index is 12.1. The zero-order chi connectivity index (χ0) is 13.9. The molecule has 2 rings (SSSR count). The minimum atomic E-state index is -3.75. The summed E-state index contributed by atoms with van der Waals surface area (Å²) in [5.41, 5.74) is 5.99. The molecule has 0 unspecified atom stereocenters. The molecule has 0 bridgehead atoms. The molecule has 7 nitrogen and oxygen atoms in total. The first-order valence-electron chi connectivity index (χ1n) is 5.26. The Kier molecular flexibility index (Phi) is 5.52. The van der Waals surface area contributed by atoms with Crippen LogP contribution >= 0.6 is 0 Å². The summed E-state index contributed by atoms with van der Waals surface area (Å²) < 4.78 is 31.4. The van der Waals surface area contributed by atoms with Crippen LogP contribution in [-0.4, -0.2) is 25.5 Å². The third kappa shape index (κ3) is 3.70. The van der Waals surface area contributed by atoms with Crippen LogP contribution in [0.5, 0.6) is 5.88 Å². The zero-order valence-corrected chi connectivity index (χ0v) is 12.7. The summed E-state index contributed by atoms with van der Waals surface area (Å²) in [6, 6.07) is 5.81. The van der Waals surface area contributed by atoms with Crippen LogP contribution in [0.3, 0.4) is 0 Å². The fourth-order valence-corrected chi connectivity index (χ4v) is 2.38. The summed E-state index contributed by atoms with van der Waals surface area (Å²) in [6.45, 7) is 0. The van der Waals surface area contributed by atoms with Crippen molar-refractivity contribution in [3.63, 3.8) is 0 Å². The van der Waals surface area contributed by atoms with Crippen molar-refractivity contribution >= 4 is 21.5 Å². The molecule has 0 saturated heterocycles. The molecule has 0 aliphatic rings. The minimum Gasteiger partial charge on any atom is -0.478 e. The maximum atomic E-state index is 12.1. The van der Waals surface area contributed by atoms with E-state index in [1.54, 1.807) is 0 Å². The van der Waals surface area contributed by atoms with Gasteiger partial charge < -0.3 is 10.5 Å². The van der Waals surface area contributed by atoms with Gasteiger partial charge in [0.15, 0.2) is 0 Å². The standard InChI is InChI=1S/C11H12N4O3S.Ag/c1-18-11-10(13-6-7-14-11)15-19(16,17)9-4-2-8(12)3-5-9;/h2-7H,12H2,1H3,(H,13,15);/q;+1. The molecular weight excluding hydrogens is 376 g/mol. The Hall–Kier alpha value is -1.61. The Balaban J connectivity index is 0.00000200.